The molecule has 0 aliphatic rings. The third-order valence-corrected chi connectivity index (χ3v) is 3.42. The van der Waals surface area contributed by atoms with Gasteiger partial charge in [-0.3, -0.25) is 19.7 Å². The molecule has 0 radical (unpaired) electrons. The number of nitro groups is 1. The van der Waals surface area contributed by atoms with Crippen molar-refractivity contribution in [2.75, 3.05) is 13.4 Å². The van der Waals surface area contributed by atoms with Crippen LogP contribution in [0, 0.1) is 10.1 Å². The van der Waals surface area contributed by atoms with Gasteiger partial charge in [-0.2, -0.15) is 0 Å². The molecule has 0 aliphatic heterocycles. The number of nitrogens with one attached hydrogen (secondary N) is 1. The number of aliphatic carboxylic acids is 1. The van der Waals surface area contributed by atoms with E-state index in [0.29, 0.717) is 4.90 Å². The normalized spacial score (nSPS) is 11.6. The third kappa shape index (κ3) is 3.85. The van der Waals surface area contributed by atoms with Gasteiger partial charge in [0.25, 0.3) is 11.6 Å². The zero-order chi connectivity index (χ0) is 16.2. The standard InChI is InChI=1S/C12H14N2O6S/c1-6(12(16)17)13-11(15)7-4-10(21-3)9(20-2)5-8(7)14(18)19/h4-6H,1-3H3,(H,13,15)(H,16,17). The highest BCUT2D eigenvalue weighted by molar-refractivity contribution is 7.98. The van der Waals surface area contributed by atoms with Crippen LogP contribution in [0.25, 0.3) is 0 Å². The summed E-state index contributed by atoms with van der Waals surface area (Å²) in [5, 5.41) is 22.0. The number of carboxylic acid groups (broad SMARTS) is 1. The maximum absolute atomic E-state index is 12.0. The molecular weight excluding hydrogens is 300 g/mol. The van der Waals surface area contributed by atoms with Crippen LogP contribution >= 0.6 is 11.8 Å². The van der Waals surface area contributed by atoms with E-state index in [-0.39, 0.29) is 11.3 Å². The van der Waals surface area contributed by atoms with Crippen LogP contribution in [0.15, 0.2) is 17.0 Å². The Bertz CT molecular complexity index is 589. The molecule has 0 bridgehead atoms. The first-order valence-electron chi connectivity index (χ1n) is 5.75. The van der Waals surface area contributed by atoms with Gasteiger partial charge < -0.3 is 15.2 Å². The highest BCUT2D eigenvalue weighted by Crippen LogP contribution is 2.34. The number of nitro benzene ring substituents is 1. The van der Waals surface area contributed by atoms with Gasteiger partial charge in [0.1, 0.15) is 17.4 Å². The van der Waals surface area contributed by atoms with E-state index in [1.807, 2.05) is 0 Å². The van der Waals surface area contributed by atoms with Crippen molar-refractivity contribution >= 4 is 29.3 Å². The van der Waals surface area contributed by atoms with Gasteiger partial charge in [-0.15, -0.1) is 11.8 Å². The fourth-order valence-electron chi connectivity index (χ4n) is 1.54. The number of carboxylic acids is 1. The summed E-state index contributed by atoms with van der Waals surface area (Å²) in [5.41, 5.74) is -0.655. The van der Waals surface area contributed by atoms with Gasteiger partial charge in [0.05, 0.1) is 23.0 Å². The van der Waals surface area contributed by atoms with Crippen LogP contribution in [0.5, 0.6) is 5.75 Å². The first-order chi connectivity index (χ1) is 9.81. The van der Waals surface area contributed by atoms with Crippen molar-refractivity contribution in [2.24, 2.45) is 0 Å². The summed E-state index contributed by atoms with van der Waals surface area (Å²) in [4.78, 5) is 33.6. The zero-order valence-electron chi connectivity index (χ0n) is 11.6. The second kappa shape index (κ2) is 6.93. The number of hydrogen-bond acceptors (Lipinski definition) is 6. The van der Waals surface area contributed by atoms with Crippen molar-refractivity contribution in [3.63, 3.8) is 0 Å². The van der Waals surface area contributed by atoms with Gasteiger partial charge in [0.2, 0.25) is 0 Å². The summed E-state index contributed by atoms with van der Waals surface area (Å²) in [6.07, 6.45) is 1.73. The van der Waals surface area contributed by atoms with E-state index >= 15 is 0 Å². The Morgan fingerprint density at radius 1 is 1.48 bits per heavy atom. The second-order valence-corrected chi connectivity index (χ2v) is 4.86. The van der Waals surface area contributed by atoms with Crippen molar-refractivity contribution < 1.29 is 24.4 Å². The van der Waals surface area contributed by atoms with Gasteiger partial charge in [-0.25, -0.2) is 0 Å². The van der Waals surface area contributed by atoms with Crippen LogP contribution in [-0.2, 0) is 4.79 Å². The van der Waals surface area contributed by atoms with Gasteiger partial charge >= 0.3 is 5.97 Å². The molecule has 9 heteroatoms. The Hall–Kier alpha value is -2.29. The molecule has 0 heterocycles. The smallest absolute Gasteiger partial charge is 0.325 e. The van der Waals surface area contributed by atoms with Crippen LogP contribution in [0.3, 0.4) is 0 Å². The molecule has 1 amide bonds. The zero-order valence-corrected chi connectivity index (χ0v) is 12.4. The Kier molecular flexibility index (Phi) is 5.53. The second-order valence-electron chi connectivity index (χ2n) is 4.01. The highest BCUT2D eigenvalue weighted by atomic mass is 32.2. The molecule has 114 valence electrons. The Morgan fingerprint density at radius 3 is 2.52 bits per heavy atom. The van der Waals surface area contributed by atoms with Crippen LogP contribution in [-0.4, -0.2) is 41.3 Å². The molecule has 0 aliphatic carbocycles. The molecular formula is C12H14N2O6S. The topological polar surface area (TPSA) is 119 Å². The predicted molar refractivity (Wildman–Crippen MR) is 76.0 cm³/mol. The minimum absolute atomic E-state index is 0.210. The lowest BCUT2D eigenvalue weighted by Crippen LogP contribution is -2.38. The lowest BCUT2D eigenvalue weighted by atomic mass is 10.1. The van der Waals surface area contributed by atoms with Crippen LogP contribution < -0.4 is 10.1 Å². The molecule has 1 rings (SSSR count). The van der Waals surface area contributed by atoms with E-state index < -0.39 is 28.5 Å². The number of thioether (sulfide) groups is 1. The first-order valence-corrected chi connectivity index (χ1v) is 6.98. The van der Waals surface area contributed by atoms with E-state index in [9.17, 15) is 19.7 Å². The minimum atomic E-state index is -1.23. The molecule has 2 N–H and O–H groups in total. The molecule has 0 fully saturated rings. The van der Waals surface area contributed by atoms with Crippen molar-refractivity contribution in [3.05, 3.63) is 27.8 Å². The molecule has 8 nitrogen and oxygen atoms in total. The Morgan fingerprint density at radius 2 is 2.10 bits per heavy atom. The largest absolute Gasteiger partial charge is 0.495 e. The number of carbonyl (C=O) groups excluding carboxylic acids is 1. The summed E-state index contributed by atoms with van der Waals surface area (Å²) >= 11 is 1.25. The molecule has 1 aromatic rings. The molecule has 0 spiro atoms. The monoisotopic (exact) mass is 314 g/mol. The van der Waals surface area contributed by atoms with E-state index in [1.165, 1.54) is 31.9 Å². The summed E-state index contributed by atoms with van der Waals surface area (Å²) in [7, 11) is 1.37. The number of methoxy groups -OCH3 is 1. The van der Waals surface area contributed by atoms with Crippen LogP contribution in [0.2, 0.25) is 0 Å². The summed E-state index contributed by atoms with van der Waals surface area (Å²) in [6, 6.07) is 1.30. The quantitative estimate of drug-likeness (QED) is 0.464. The lowest BCUT2D eigenvalue weighted by Gasteiger charge is -2.12. The van der Waals surface area contributed by atoms with Crippen molar-refractivity contribution in [1.82, 2.24) is 5.32 Å². The summed E-state index contributed by atoms with van der Waals surface area (Å²) in [6.45, 7) is 1.27. The average Bonchev–Trinajstić information content (AvgIpc) is 2.45. The number of ether oxygens (including phenoxy) is 1. The number of benzene rings is 1. The maximum atomic E-state index is 12.0. The average molecular weight is 314 g/mol. The van der Waals surface area contributed by atoms with Crippen molar-refractivity contribution in [2.45, 2.75) is 17.9 Å². The maximum Gasteiger partial charge on any atom is 0.325 e. The van der Waals surface area contributed by atoms with Gasteiger partial charge in [-0.05, 0) is 19.2 Å². The summed E-state index contributed by atoms with van der Waals surface area (Å²) < 4.78 is 5.03. The lowest BCUT2D eigenvalue weighted by molar-refractivity contribution is -0.385. The van der Waals surface area contributed by atoms with E-state index in [2.05, 4.69) is 5.32 Å². The SMILES string of the molecule is COc1cc([N+](=O)[O-])c(C(=O)NC(C)C(=O)O)cc1SC. The van der Waals surface area contributed by atoms with Crippen molar-refractivity contribution in [3.8, 4) is 5.75 Å². The number of hydrogen-bond donors (Lipinski definition) is 2. The van der Waals surface area contributed by atoms with E-state index in [4.69, 9.17) is 9.84 Å². The highest BCUT2D eigenvalue weighted by Gasteiger charge is 2.25. The summed E-state index contributed by atoms with van der Waals surface area (Å²) in [5.74, 6) is -1.78. The molecule has 1 unspecified atom stereocenters. The van der Waals surface area contributed by atoms with Gasteiger partial charge in [0, 0.05) is 0 Å². The van der Waals surface area contributed by atoms with Gasteiger partial charge in [-0.1, -0.05) is 0 Å². The molecule has 0 saturated carbocycles. The molecule has 0 aromatic heterocycles. The molecule has 1 aromatic carbocycles. The molecule has 0 saturated heterocycles. The van der Waals surface area contributed by atoms with Gasteiger partial charge in [0.15, 0.2) is 0 Å². The fraction of sp³-hybridized carbons (Fsp3) is 0.333. The Labute approximate surface area is 124 Å². The van der Waals surface area contributed by atoms with Crippen LogP contribution in [0.1, 0.15) is 17.3 Å². The number of carbonyl (C=O) groups is 2. The molecule has 1 atom stereocenters. The number of amides is 1. The number of rotatable bonds is 6. The number of nitrogens with zero attached hydrogens (tertiary/aromatic N) is 1. The van der Waals surface area contributed by atoms with Crippen LogP contribution in [0.4, 0.5) is 5.69 Å². The Balaban J connectivity index is 3.29. The predicted octanol–water partition coefficient (Wildman–Crippen LogP) is 1.53. The van der Waals surface area contributed by atoms with E-state index in [1.54, 1.807) is 6.26 Å². The minimum Gasteiger partial charge on any atom is -0.495 e. The van der Waals surface area contributed by atoms with Crippen molar-refractivity contribution in [1.29, 1.82) is 0 Å². The fourth-order valence-corrected chi connectivity index (χ4v) is 2.12. The molecule has 21 heavy (non-hydrogen) atoms. The first kappa shape index (κ1) is 16.8. The third-order valence-electron chi connectivity index (χ3n) is 2.66. The van der Waals surface area contributed by atoms with E-state index in [0.717, 1.165) is 6.07 Å².